The van der Waals surface area contributed by atoms with Crippen molar-refractivity contribution in [1.29, 1.82) is 0 Å². The van der Waals surface area contributed by atoms with Crippen LogP contribution < -0.4 is 5.32 Å². The van der Waals surface area contributed by atoms with Crippen LogP contribution in [0.5, 0.6) is 0 Å². The highest BCUT2D eigenvalue weighted by Crippen LogP contribution is 2.20. The normalized spacial score (nSPS) is 11.7. The van der Waals surface area contributed by atoms with E-state index in [2.05, 4.69) is 10.3 Å². The van der Waals surface area contributed by atoms with Gasteiger partial charge < -0.3 is 15.0 Å². The van der Waals surface area contributed by atoms with Crippen molar-refractivity contribution in [2.45, 2.75) is 40.7 Å². The number of amides is 1. The molecule has 0 saturated carbocycles. The number of aryl methyl sites for hydroxylation is 2. The molecule has 2 aromatic rings. The van der Waals surface area contributed by atoms with Gasteiger partial charge in [0.15, 0.2) is 11.9 Å². The van der Waals surface area contributed by atoms with E-state index in [1.165, 1.54) is 13.8 Å². The molecule has 0 bridgehead atoms. The van der Waals surface area contributed by atoms with Crippen LogP contribution in [-0.4, -0.2) is 28.7 Å². The van der Waals surface area contributed by atoms with Gasteiger partial charge in [0.1, 0.15) is 5.69 Å². The largest absolute Gasteiger partial charge is 0.448 e. The zero-order valence-corrected chi connectivity index (χ0v) is 15.0. The number of hydrogen-bond donors (Lipinski definition) is 2. The molecule has 1 aromatic carbocycles. The zero-order chi connectivity index (χ0) is 18.7. The number of benzene rings is 1. The molecule has 25 heavy (non-hydrogen) atoms. The molecule has 1 aromatic heterocycles. The maximum absolute atomic E-state index is 12.3. The lowest BCUT2D eigenvalue weighted by Crippen LogP contribution is -2.30. The van der Waals surface area contributed by atoms with E-state index in [-0.39, 0.29) is 11.5 Å². The minimum atomic E-state index is -0.976. The summed E-state index contributed by atoms with van der Waals surface area (Å²) < 4.78 is 5.25. The number of carbonyl (C=O) groups is 3. The number of ether oxygens (including phenoxy) is 1. The van der Waals surface area contributed by atoms with Crippen molar-refractivity contribution in [3.05, 3.63) is 52.3 Å². The highest BCUT2D eigenvalue weighted by atomic mass is 16.5. The van der Waals surface area contributed by atoms with Crippen molar-refractivity contribution in [3.8, 4) is 0 Å². The molecule has 0 spiro atoms. The fourth-order valence-corrected chi connectivity index (χ4v) is 2.70. The Bertz CT molecular complexity index is 836. The zero-order valence-electron chi connectivity index (χ0n) is 15.0. The molecular weight excluding hydrogens is 320 g/mol. The third kappa shape index (κ3) is 3.96. The van der Waals surface area contributed by atoms with Gasteiger partial charge in [-0.3, -0.25) is 9.59 Å². The Morgan fingerprint density at radius 3 is 2.32 bits per heavy atom. The molecule has 1 amide bonds. The van der Waals surface area contributed by atoms with Gasteiger partial charge in [-0.1, -0.05) is 18.2 Å². The first kappa shape index (κ1) is 18.4. The van der Waals surface area contributed by atoms with E-state index in [1.807, 2.05) is 25.1 Å². The summed E-state index contributed by atoms with van der Waals surface area (Å²) in [5, 5.41) is 2.74. The average Bonchev–Trinajstić information content (AvgIpc) is 2.84. The molecule has 0 aliphatic heterocycles. The van der Waals surface area contributed by atoms with E-state index >= 15 is 0 Å². The first-order valence-electron chi connectivity index (χ1n) is 8.00. The van der Waals surface area contributed by atoms with Gasteiger partial charge in [-0.05, 0) is 51.8 Å². The van der Waals surface area contributed by atoms with Crippen LogP contribution in [0.2, 0.25) is 0 Å². The molecule has 0 aliphatic carbocycles. The predicted molar refractivity (Wildman–Crippen MR) is 95.0 cm³/mol. The summed E-state index contributed by atoms with van der Waals surface area (Å²) in [5.41, 5.74) is 3.38. The molecule has 0 saturated heterocycles. The molecule has 1 atom stereocenters. The van der Waals surface area contributed by atoms with Crippen molar-refractivity contribution < 1.29 is 19.1 Å². The van der Waals surface area contributed by atoms with Crippen LogP contribution in [0.3, 0.4) is 0 Å². The highest BCUT2D eigenvalue weighted by Gasteiger charge is 2.24. The van der Waals surface area contributed by atoms with E-state index in [9.17, 15) is 14.4 Å². The van der Waals surface area contributed by atoms with Crippen molar-refractivity contribution in [3.63, 3.8) is 0 Å². The Morgan fingerprint density at radius 2 is 1.76 bits per heavy atom. The summed E-state index contributed by atoms with van der Waals surface area (Å²) in [4.78, 5) is 39.1. The van der Waals surface area contributed by atoms with Gasteiger partial charge in [0, 0.05) is 16.9 Å². The number of carbonyl (C=O) groups excluding carboxylic acids is 3. The van der Waals surface area contributed by atoms with Gasteiger partial charge in [0.05, 0.1) is 0 Å². The lowest BCUT2D eigenvalue weighted by atomic mass is 10.1. The number of anilines is 1. The van der Waals surface area contributed by atoms with Crippen LogP contribution in [0, 0.1) is 20.8 Å². The fraction of sp³-hybridized carbons (Fsp3) is 0.316. The first-order valence-corrected chi connectivity index (χ1v) is 8.00. The van der Waals surface area contributed by atoms with Gasteiger partial charge in [-0.15, -0.1) is 0 Å². The molecular formula is C19H22N2O4. The molecule has 1 heterocycles. The third-order valence-corrected chi connectivity index (χ3v) is 4.05. The summed E-state index contributed by atoms with van der Waals surface area (Å²) >= 11 is 0. The number of aromatic amines is 1. The second kappa shape index (κ2) is 7.34. The Morgan fingerprint density at radius 1 is 1.12 bits per heavy atom. The van der Waals surface area contributed by atoms with Crippen LogP contribution >= 0.6 is 0 Å². The Hall–Kier alpha value is -2.89. The molecule has 6 nitrogen and oxygen atoms in total. The first-order chi connectivity index (χ1) is 11.7. The number of nitrogens with one attached hydrogen (secondary N) is 2. The van der Waals surface area contributed by atoms with Crippen molar-refractivity contribution in [2.75, 3.05) is 5.32 Å². The van der Waals surface area contributed by atoms with Crippen molar-refractivity contribution in [2.24, 2.45) is 0 Å². The topological polar surface area (TPSA) is 88.3 Å². The van der Waals surface area contributed by atoms with Crippen LogP contribution in [0.25, 0.3) is 0 Å². The fourth-order valence-electron chi connectivity index (χ4n) is 2.70. The SMILES string of the molecule is CC(=O)c1c(C)[nH]c(C(=O)O[C@H](C)C(=O)Nc2ccccc2C)c1C. The molecule has 0 aliphatic rings. The monoisotopic (exact) mass is 342 g/mol. The maximum Gasteiger partial charge on any atom is 0.355 e. The maximum atomic E-state index is 12.3. The van der Waals surface area contributed by atoms with Gasteiger partial charge >= 0.3 is 5.97 Å². The van der Waals surface area contributed by atoms with Gasteiger partial charge in [-0.2, -0.15) is 0 Å². The van der Waals surface area contributed by atoms with E-state index in [0.29, 0.717) is 22.5 Å². The summed E-state index contributed by atoms with van der Waals surface area (Å²) in [6, 6.07) is 7.34. The minimum Gasteiger partial charge on any atom is -0.448 e. The molecule has 0 fully saturated rings. The number of rotatable bonds is 5. The number of hydrogen-bond acceptors (Lipinski definition) is 4. The number of esters is 1. The lowest BCUT2D eigenvalue weighted by molar-refractivity contribution is -0.123. The minimum absolute atomic E-state index is 0.129. The number of Topliss-reactive ketones (excluding diaryl/α,β-unsaturated/α-hetero) is 1. The standard InChI is InChI=1S/C19H22N2O4/c1-10-8-6-7-9-15(10)21-18(23)14(5)25-19(24)17-11(2)16(13(4)22)12(3)20-17/h6-9,14,20H,1-5H3,(H,21,23)/t14-/m1/s1. The molecule has 2 N–H and O–H groups in total. The van der Waals surface area contributed by atoms with Crippen LogP contribution in [0.1, 0.15) is 51.5 Å². The Labute approximate surface area is 146 Å². The van der Waals surface area contributed by atoms with Gasteiger partial charge in [-0.25, -0.2) is 4.79 Å². The van der Waals surface area contributed by atoms with Crippen LogP contribution in [-0.2, 0) is 9.53 Å². The predicted octanol–water partition coefficient (Wildman–Crippen LogP) is 3.33. The Kier molecular flexibility index (Phi) is 5.41. The number of aromatic nitrogens is 1. The van der Waals surface area contributed by atoms with Crippen molar-refractivity contribution in [1.82, 2.24) is 4.98 Å². The van der Waals surface area contributed by atoms with E-state index < -0.39 is 18.0 Å². The average molecular weight is 342 g/mol. The van der Waals surface area contributed by atoms with Gasteiger partial charge in [0.25, 0.3) is 5.91 Å². The second-order valence-electron chi connectivity index (χ2n) is 6.03. The lowest BCUT2D eigenvalue weighted by Gasteiger charge is -2.14. The van der Waals surface area contributed by atoms with Crippen LogP contribution in [0.15, 0.2) is 24.3 Å². The quantitative estimate of drug-likeness (QED) is 0.644. The molecule has 2 rings (SSSR count). The van der Waals surface area contributed by atoms with Crippen molar-refractivity contribution >= 4 is 23.3 Å². The summed E-state index contributed by atoms with van der Waals surface area (Å²) in [6.07, 6.45) is -0.976. The van der Waals surface area contributed by atoms with E-state index in [4.69, 9.17) is 4.74 Å². The third-order valence-electron chi connectivity index (χ3n) is 4.05. The van der Waals surface area contributed by atoms with E-state index in [0.717, 1.165) is 5.56 Å². The molecule has 6 heteroatoms. The second-order valence-corrected chi connectivity index (χ2v) is 6.03. The summed E-state index contributed by atoms with van der Waals surface area (Å²) in [7, 11) is 0. The number of ketones is 1. The molecule has 0 radical (unpaired) electrons. The highest BCUT2D eigenvalue weighted by molar-refractivity contribution is 6.02. The van der Waals surface area contributed by atoms with Gasteiger partial charge in [0.2, 0.25) is 0 Å². The Balaban J connectivity index is 2.10. The summed E-state index contributed by atoms with van der Waals surface area (Å²) in [6.45, 7) is 8.21. The summed E-state index contributed by atoms with van der Waals surface area (Å²) in [5.74, 6) is -1.22. The molecule has 0 unspecified atom stereocenters. The molecule has 132 valence electrons. The smallest absolute Gasteiger partial charge is 0.355 e. The number of para-hydroxylation sites is 1. The number of H-pyrrole nitrogens is 1. The van der Waals surface area contributed by atoms with E-state index in [1.54, 1.807) is 19.9 Å². The van der Waals surface area contributed by atoms with Crippen LogP contribution in [0.4, 0.5) is 5.69 Å².